The van der Waals surface area contributed by atoms with Gasteiger partial charge in [-0.05, 0) is 0 Å². The minimum atomic E-state index is -1.83. The Morgan fingerprint density at radius 1 is 1.29 bits per heavy atom. The fourth-order valence-corrected chi connectivity index (χ4v) is 0. The Morgan fingerprint density at radius 3 is 1.29 bits per heavy atom. The second-order valence-electron chi connectivity index (χ2n) is 0.283. The average molecular weight is 191 g/mol. The first-order chi connectivity index (χ1) is 1.73. The van der Waals surface area contributed by atoms with E-state index in [1.54, 1.807) is 0 Å². The van der Waals surface area contributed by atoms with Gasteiger partial charge >= 0.3 is 6.16 Å². The number of carbonyl (C=O) groups is 1. The molecule has 0 amide bonds. The molecule has 0 saturated heterocycles. The zero-order chi connectivity index (χ0) is 3.58. The van der Waals surface area contributed by atoms with Gasteiger partial charge in [0.15, 0.2) is 0 Å². The summed E-state index contributed by atoms with van der Waals surface area (Å²) in [6, 6.07) is 0. The summed E-state index contributed by atoms with van der Waals surface area (Å²) in [5, 5.41) is 13.9. The monoisotopic (exact) mass is 191 g/mol. The number of hydrogen-bond donors (Lipinski definition) is 2. The van der Waals surface area contributed by atoms with Crippen molar-refractivity contribution in [2.45, 2.75) is 0 Å². The third-order valence-corrected chi connectivity index (χ3v) is 0. The Morgan fingerprint density at radius 2 is 1.29 bits per heavy atom. The molecular weight excluding hydrogens is 187 g/mol. The van der Waals surface area contributed by atoms with E-state index in [-0.39, 0.29) is 39.6 Å². The van der Waals surface area contributed by atoms with E-state index in [9.17, 15) is 0 Å². The summed E-state index contributed by atoms with van der Waals surface area (Å²) in [6.45, 7) is 0. The van der Waals surface area contributed by atoms with Crippen molar-refractivity contribution in [1.29, 1.82) is 0 Å². The van der Waals surface area contributed by atoms with E-state index in [4.69, 9.17) is 15.0 Å². The molecule has 0 aliphatic carbocycles. The SMILES string of the molecule is O.O=C(O)O.[Fe].[Mn]. The van der Waals surface area contributed by atoms with Crippen LogP contribution in [-0.2, 0) is 34.1 Å². The fourth-order valence-electron chi connectivity index (χ4n) is 0. The van der Waals surface area contributed by atoms with E-state index in [1.807, 2.05) is 0 Å². The molecule has 0 heterocycles. The molecule has 0 bridgehead atoms. The summed E-state index contributed by atoms with van der Waals surface area (Å²) in [7, 11) is 0. The molecule has 4 N–H and O–H groups in total. The summed E-state index contributed by atoms with van der Waals surface area (Å²) in [5.41, 5.74) is 0. The van der Waals surface area contributed by atoms with Gasteiger partial charge in [0.25, 0.3) is 0 Å². The third kappa shape index (κ3) is 1580. The summed E-state index contributed by atoms with van der Waals surface area (Å²) in [6.07, 6.45) is -1.83. The smallest absolute Gasteiger partial charge is 0.450 e. The largest absolute Gasteiger partial charge is 0.503 e. The molecule has 0 spiro atoms. The van der Waals surface area contributed by atoms with Crippen LogP contribution in [0.3, 0.4) is 0 Å². The van der Waals surface area contributed by atoms with Crippen LogP contribution in [-0.4, -0.2) is 21.8 Å². The molecule has 0 aromatic carbocycles. The number of carboxylic acid groups (broad SMARTS) is 2. The molecule has 1 radical (unpaired) electrons. The summed E-state index contributed by atoms with van der Waals surface area (Å²) in [4.78, 5) is 8.56. The molecule has 0 atom stereocenters. The van der Waals surface area contributed by atoms with E-state index in [2.05, 4.69) is 0 Å². The van der Waals surface area contributed by atoms with Gasteiger partial charge < -0.3 is 15.7 Å². The molecule has 0 rings (SSSR count). The van der Waals surface area contributed by atoms with Crippen LogP contribution < -0.4 is 0 Å². The molecule has 0 aliphatic rings. The zero-order valence-corrected chi connectivity index (χ0v) is 5.32. The first kappa shape index (κ1) is 26.7. The topological polar surface area (TPSA) is 89.0 Å². The second kappa shape index (κ2) is 16.3. The van der Waals surface area contributed by atoms with Gasteiger partial charge in [-0.1, -0.05) is 0 Å². The Balaban J connectivity index is -0.0000000150. The van der Waals surface area contributed by atoms with E-state index >= 15 is 0 Å². The average Bonchev–Trinajstić information content (AvgIpc) is 0.811. The molecule has 0 aromatic heterocycles. The van der Waals surface area contributed by atoms with Gasteiger partial charge in [-0.3, -0.25) is 0 Å². The van der Waals surface area contributed by atoms with Crippen LogP contribution in [0.1, 0.15) is 0 Å². The Kier molecular flexibility index (Phi) is 62.2. The minimum absolute atomic E-state index is 0. The maximum absolute atomic E-state index is 8.56. The van der Waals surface area contributed by atoms with Crippen molar-refractivity contribution in [2.75, 3.05) is 0 Å². The van der Waals surface area contributed by atoms with Crippen molar-refractivity contribution < 1.29 is 54.6 Å². The molecule has 0 unspecified atom stereocenters. The third-order valence-electron chi connectivity index (χ3n) is 0. The number of hydrogen-bond acceptors (Lipinski definition) is 1. The normalized spacial score (nSPS) is 3.43. The molecule has 7 heavy (non-hydrogen) atoms. The van der Waals surface area contributed by atoms with Gasteiger partial charge in [-0.15, -0.1) is 0 Å². The molecule has 47 valence electrons. The number of rotatable bonds is 0. The van der Waals surface area contributed by atoms with Crippen LogP contribution in [0, 0.1) is 0 Å². The van der Waals surface area contributed by atoms with Gasteiger partial charge in [0.2, 0.25) is 0 Å². The predicted molar refractivity (Wildman–Crippen MR) is 14.3 cm³/mol. The van der Waals surface area contributed by atoms with Gasteiger partial charge in [0, 0.05) is 34.1 Å². The van der Waals surface area contributed by atoms with E-state index in [0.29, 0.717) is 0 Å². The van der Waals surface area contributed by atoms with Crippen LogP contribution in [0.4, 0.5) is 4.79 Å². The van der Waals surface area contributed by atoms with Crippen LogP contribution in [0.5, 0.6) is 0 Å². The Bertz CT molecular complexity index is 34.7. The van der Waals surface area contributed by atoms with Crippen molar-refractivity contribution >= 4 is 6.16 Å². The first-order valence-corrected chi connectivity index (χ1v) is 0.651. The van der Waals surface area contributed by atoms with Crippen LogP contribution >= 0.6 is 0 Å². The van der Waals surface area contributed by atoms with Gasteiger partial charge in [0.1, 0.15) is 0 Å². The molecule has 0 fully saturated rings. The second-order valence-corrected chi connectivity index (χ2v) is 0.283. The van der Waals surface area contributed by atoms with E-state index in [1.165, 1.54) is 0 Å². The molecule has 4 nitrogen and oxygen atoms in total. The van der Waals surface area contributed by atoms with Crippen LogP contribution in [0.15, 0.2) is 0 Å². The molecular formula is CH4FeMnO4. The quantitative estimate of drug-likeness (QED) is 0.500. The molecule has 0 saturated carbocycles. The summed E-state index contributed by atoms with van der Waals surface area (Å²) >= 11 is 0. The minimum Gasteiger partial charge on any atom is -0.450 e. The van der Waals surface area contributed by atoms with Gasteiger partial charge in [-0.2, -0.15) is 0 Å². The maximum atomic E-state index is 8.56. The first-order valence-electron chi connectivity index (χ1n) is 0.651. The van der Waals surface area contributed by atoms with Crippen molar-refractivity contribution in [3.63, 3.8) is 0 Å². The Hall–Kier alpha value is 0.269. The summed E-state index contributed by atoms with van der Waals surface area (Å²) < 4.78 is 0. The van der Waals surface area contributed by atoms with Gasteiger partial charge in [0.05, 0.1) is 0 Å². The molecule has 6 heteroatoms. The van der Waals surface area contributed by atoms with Crippen LogP contribution in [0.2, 0.25) is 0 Å². The predicted octanol–water partition coefficient (Wildman–Crippen LogP) is -0.607. The van der Waals surface area contributed by atoms with E-state index in [0.717, 1.165) is 0 Å². The van der Waals surface area contributed by atoms with E-state index < -0.39 is 6.16 Å². The fraction of sp³-hybridized carbons (Fsp3) is 0. The van der Waals surface area contributed by atoms with Crippen molar-refractivity contribution in [2.24, 2.45) is 0 Å². The van der Waals surface area contributed by atoms with Crippen molar-refractivity contribution in [3.8, 4) is 0 Å². The van der Waals surface area contributed by atoms with Crippen LogP contribution in [0.25, 0.3) is 0 Å². The standard InChI is InChI=1S/CH2O3.Fe.Mn.H2O/c2-1(3)4;;;/h(H2,2,3,4);;;1H2. The zero-order valence-electron chi connectivity index (χ0n) is 3.03. The maximum Gasteiger partial charge on any atom is 0.503 e. The van der Waals surface area contributed by atoms with Crippen molar-refractivity contribution in [1.82, 2.24) is 0 Å². The molecule has 0 aliphatic heterocycles. The Labute approximate surface area is 61.2 Å². The van der Waals surface area contributed by atoms with Gasteiger partial charge in [-0.25, -0.2) is 4.79 Å². The van der Waals surface area contributed by atoms with Crippen molar-refractivity contribution in [3.05, 3.63) is 0 Å². The molecule has 0 aromatic rings. The summed E-state index contributed by atoms with van der Waals surface area (Å²) in [5.74, 6) is 0.